The summed E-state index contributed by atoms with van der Waals surface area (Å²) in [5, 5.41) is 0. The van der Waals surface area contributed by atoms with Crippen LogP contribution in [0.2, 0.25) is 0 Å². The molecule has 0 bridgehead atoms. The van der Waals surface area contributed by atoms with E-state index in [1.54, 1.807) is 0 Å². The minimum Gasteiger partial charge on any atom is -0.398 e. The molecule has 0 aliphatic carbocycles. The van der Waals surface area contributed by atoms with E-state index < -0.39 is 0 Å². The zero-order chi connectivity index (χ0) is 10.8. The van der Waals surface area contributed by atoms with Gasteiger partial charge in [-0.2, -0.15) is 0 Å². The van der Waals surface area contributed by atoms with Gasteiger partial charge in [0.1, 0.15) is 0 Å². The normalized spacial score (nSPS) is 18.1. The van der Waals surface area contributed by atoms with Crippen molar-refractivity contribution in [1.29, 1.82) is 0 Å². The minimum absolute atomic E-state index is 0.814. The van der Waals surface area contributed by atoms with Gasteiger partial charge in [0.25, 0.3) is 0 Å². The number of nitrogens with two attached hydrogens (primary N) is 1. The van der Waals surface area contributed by atoms with E-state index >= 15 is 0 Å². The third-order valence-electron chi connectivity index (χ3n) is 3.38. The maximum absolute atomic E-state index is 5.92. The number of anilines is 1. The standard InChI is InChI=1S/C13H20N2/c1-10(2)12-8-15(9-12)7-11-5-3-4-6-13(11)14/h3-6,10,12H,7-9,14H2,1-2H3. The van der Waals surface area contributed by atoms with E-state index in [9.17, 15) is 0 Å². The van der Waals surface area contributed by atoms with Gasteiger partial charge in [0.05, 0.1) is 0 Å². The molecule has 1 aromatic rings. The highest BCUT2D eigenvalue weighted by molar-refractivity contribution is 5.46. The summed E-state index contributed by atoms with van der Waals surface area (Å²) in [6.45, 7) is 8.08. The smallest absolute Gasteiger partial charge is 0.0359 e. The van der Waals surface area contributed by atoms with Crippen molar-refractivity contribution >= 4 is 5.69 Å². The Balaban J connectivity index is 1.88. The number of rotatable bonds is 3. The van der Waals surface area contributed by atoms with Crippen LogP contribution in [0.3, 0.4) is 0 Å². The van der Waals surface area contributed by atoms with Crippen molar-refractivity contribution in [2.24, 2.45) is 11.8 Å². The lowest BCUT2D eigenvalue weighted by Gasteiger charge is -2.41. The zero-order valence-corrected chi connectivity index (χ0v) is 9.61. The number of benzene rings is 1. The van der Waals surface area contributed by atoms with Crippen LogP contribution in [-0.4, -0.2) is 18.0 Å². The summed E-state index contributed by atoms with van der Waals surface area (Å²) in [6.07, 6.45) is 0. The molecule has 2 heteroatoms. The fourth-order valence-electron chi connectivity index (χ4n) is 2.08. The number of nitrogen functional groups attached to an aromatic ring is 1. The van der Waals surface area contributed by atoms with Gasteiger partial charge >= 0.3 is 0 Å². The van der Waals surface area contributed by atoms with Gasteiger partial charge in [-0.25, -0.2) is 0 Å². The van der Waals surface area contributed by atoms with Crippen LogP contribution in [0.4, 0.5) is 5.69 Å². The van der Waals surface area contributed by atoms with Gasteiger partial charge in [0.15, 0.2) is 0 Å². The minimum atomic E-state index is 0.814. The molecule has 2 nitrogen and oxygen atoms in total. The van der Waals surface area contributed by atoms with Crippen LogP contribution in [0.15, 0.2) is 24.3 Å². The summed E-state index contributed by atoms with van der Waals surface area (Å²) < 4.78 is 0. The molecule has 0 aromatic heterocycles. The van der Waals surface area contributed by atoms with Gasteiger partial charge < -0.3 is 5.73 Å². The van der Waals surface area contributed by atoms with Gasteiger partial charge in [-0.1, -0.05) is 32.0 Å². The van der Waals surface area contributed by atoms with Gasteiger partial charge in [0, 0.05) is 25.3 Å². The lowest BCUT2D eigenvalue weighted by molar-refractivity contribution is 0.0616. The topological polar surface area (TPSA) is 29.3 Å². The van der Waals surface area contributed by atoms with Gasteiger partial charge in [-0.15, -0.1) is 0 Å². The van der Waals surface area contributed by atoms with E-state index in [4.69, 9.17) is 5.73 Å². The summed E-state index contributed by atoms with van der Waals surface area (Å²) in [5.74, 6) is 1.70. The fraction of sp³-hybridized carbons (Fsp3) is 0.538. The van der Waals surface area contributed by atoms with Gasteiger partial charge in [-0.05, 0) is 23.5 Å². The second-order valence-electron chi connectivity index (χ2n) is 4.90. The highest BCUT2D eigenvalue weighted by atomic mass is 15.2. The first kappa shape index (κ1) is 10.5. The van der Waals surface area contributed by atoms with E-state index in [-0.39, 0.29) is 0 Å². The first-order valence-corrected chi connectivity index (χ1v) is 5.72. The van der Waals surface area contributed by atoms with Crippen molar-refractivity contribution < 1.29 is 0 Å². The largest absolute Gasteiger partial charge is 0.398 e. The van der Waals surface area contributed by atoms with Crippen LogP contribution >= 0.6 is 0 Å². The predicted octanol–water partition coefficient (Wildman–Crippen LogP) is 2.36. The Bertz CT molecular complexity index is 327. The van der Waals surface area contributed by atoms with Crippen molar-refractivity contribution in [2.45, 2.75) is 20.4 Å². The van der Waals surface area contributed by atoms with Crippen molar-refractivity contribution in [3.05, 3.63) is 29.8 Å². The van der Waals surface area contributed by atoms with Crippen LogP contribution in [0, 0.1) is 11.8 Å². The second-order valence-corrected chi connectivity index (χ2v) is 4.90. The Morgan fingerprint density at radius 3 is 2.60 bits per heavy atom. The van der Waals surface area contributed by atoms with Crippen molar-refractivity contribution in [1.82, 2.24) is 4.90 Å². The van der Waals surface area contributed by atoms with Crippen LogP contribution < -0.4 is 5.73 Å². The molecule has 0 unspecified atom stereocenters. The molecular formula is C13H20N2. The Labute approximate surface area is 92.1 Å². The molecule has 0 atom stereocenters. The molecule has 1 heterocycles. The molecule has 1 fully saturated rings. The van der Waals surface area contributed by atoms with E-state index in [0.29, 0.717) is 0 Å². The molecule has 2 N–H and O–H groups in total. The monoisotopic (exact) mass is 204 g/mol. The number of hydrogen-bond donors (Lipinski definition) is 1. The van der Waals surface area contributed by atoms with E-state index in [1.807, 2.05) is 12.1 Å². The number of likely N-dealkylation sites (tertiary alicyclic amines) is 1. The zero-order valence-electron chi connectivity index (χ0n) is 9.61. The average molecular weight is 204 g/mol. The van der Waals surface area contributed by atoms with Crippen molar-refractivity contribution in [3.63, 3.8) is 0 Å². The summed E-state index contributed by atoms with van der Waals surface area (Å²) in [4.78, 5) is 2.47. The molecule has 0 amide bonds. The maximum Gasteiger partial charge on any atom is 0.0359 e. The van der Waals surface area contributed by atoms with Crippen LogP contribution in [-0.2, 0) is 6.54 Å². The molecule has 82 valence electrons. The van der Waals surface area contributed by atoms with Crippen LogP contribution in [0.5, 0.6) is 0 Å². The second kappa shape index (κ2) is 4.23. The molecule has 1 saturated heterocycles. The molecule has 15 heavy (non-hydrogen) atoms. The van der Waals surface area contributed by atoms with Crippen molar-refractivity contribution in [3.8, 4) is 0 Å². The molecule has 0 spiro atoms. The molecule has 0 radical (unpaired) electrons. The Hall–Kier alpha value is -1.02. The molecular weight excluding hydrogens is 184 g/mol. The number of para-hydroxylation sites is 1. The van der Waals surface area contributed by atoms with Gasteiger partial charge in [-0.3, -0.25) is 4.90 Å². The Morgan fingerprint density at radius 1 is 1.33 bits per heavy atom. The quantitative estimate of drug-likeness (QED) is 0.766. The predicted molar refractivity (Wildman–Crippen MR) is 64.5 cm³/mol. The van der Waals surface area contributed by atoms with E-state index in [1.165, 1.54) is 18.7 Å². The molecule has 0 saturated carbocycles. The summed E-state index contributed by atoms with van der Waals surface area (Å²) in [5.41, 5.74) is 8.10. The third kappa shape index (κ3) is 2.32. The highest BCUT2D eigenvalue weighted by Gasteiger charge is 2.28. The van der Waals surface area contributed by atoms with E-state index in [2.05, 4.69) is 30.9 Å². The number of nitrogens with zero attached hydrogens (tertiary/aromatic N) is 1. The maximum atomic E-state index is 5.92. The summed E-state index contributed by atoms with van der Waals surface area (Å²) in [7, 11) is 0. The SMILES string of the molecule is CC(C)C1CN(Cc2ccccc2N)C1. The van der Waals surface area contributed by atoms with Crippen molar-refractivity contribution in [2.75, 3.05) is 18.8 Å². The van der Waals surface area contributed by atoms with Crippen LogP contribution in [0.25, 0.3) is 0 Å². The Kier molecular flexibility index (Phi) is 2.96. The first-order chi connectivity index (χ1) is 7.16. The fourth-order valence-corrected chi connectivity index (χ4v) is 2.08. The molecule has 1 aromatic carbocycles. The van der Waals surface area contributed by atoms with Gasteiger partial charge in [0.2, 0.25) is 0 Å². The molecule has 2 rings (SSSR count). The summed E-state index contributed by atoms with van der Waals surface area (Å²) in [6, 6.07) is 8.16. The average Bonchev–Trinajstić information content (AvgIpc) is 2.12. The number of hydrogen-bond acceptors (Lipinski definition) is 2. The third-order valence-corrected chi connectivity index (χ3v) is 3.38. The first-order valence-electron chi connectivity index (χ1n) is 5.72. The lowest BCUT2D eigenvalue weighted by atomic mass is 9.88. The summed E-state index contributed by atoms with van der Waals surface area (Å²) >= 11 is 0. The Morgan fingerprint density at radius 2 is 2.00 bits per heavy atom. The molecule has 1 aliphatic heterocycles. The highest BCUT2D eigenvalue weighted by Crippen LogP contribution is 2.26. The molecule has 1 aliphatic rings. The van der Waals surface area contributed by atoms with Crippen LogP contribution in [0.1, 0.15) is 19.4 Å². The van der Waals surface area contributed by atoms with E-state index in [0.717, 1.165) is 24.1 Å². The lowest BCUT2D eigenvalue weighted by Crippen LogP contribution is -2.48.